The Bertz CT molecular complexity index is 583. The van der Waals surface area contributed by atoms with Crippen molar-refractivity contribution in [1.82, 2.24) is 10.1 Å². The van der Waals surface area contributed by atoms with Gasteiger partial charge >= 0.3 is 6.03 Å². The Morgan fingerprint density at radius 2 is 2.14 bits per heavy atom. The number of urea groups is 1. The summed E-state index contributed by atoms with van der Waals surface area (Å²) in [5, 5.41) is 6.53. The van der Waals surface area contributed by atoms with E-state index in [-0.39, 0.29) is 6.03 Å². The molecule has 0 aliphatic heterocycles. The smallest absolute Gasteiger partial charge is 0.322 e. The van der Waals surface area contributed by atoms with Gasteiger partial charge in [-0.15, -0.1) is 0 Å². The maximum Gasteiger partial charge on any atom is 0.322 e. The number of nitrogens with zero attached hydrogens (tertiary/aromatic N) is 2. The first kappa shape index (κ1) is 15.9. The number of anilines is 1. The molecule has 0 radical (unpaired) electrons. The summed E-state index contributed by atoms with van der Waals surface area (Å²) in [6.45, 7) is 3.14. The average molecular weight is 303 g/mol. The van der Waals surface area contributed by atoms with Crippen molar-refractivity contribution in [2.75, 3.05) is 25.5 Å². The third-order valence-corrected chi connectivity index (χ3v) is 3.25. The van der Waals surface area contributed by atoms with Crippen LogP contribution in [0, 0.1) is 0 Å². The molecular formula is C16H21N3O3. The largest absolute Gasteiger partial charge is 0.494 e. The molecule has 22 heavy (non-hydrogen) atoms. The molecule has 6 nitrogen and oxygen atoms in total. The van der Waals surface area contributed by atoms with Crippen LogP contribution in [0.4, 0.5) is 10.6 Å². The zero-order valence-electron chi connectivity index (χ0n) is 12.9. The zero-order chi connectivity index (χ0) is 15.8. The van der Waals surface area contributed by atoms with Crippen molar-refractivity contribution < 1.29 is 14.1 Å². The second-order valence-corrected chi connectivity index (χ2v) is 4.91. The highest BCUT2D eigenvalue weighted by atomic mass is 16.5. The maximum absolute atomic E-state index is 12.0. The Morgan fingerprint density at radius 1 is 1.36 bits per heavy atom. The average Bonchev–Trinajstić information content (AvgIpc) is 2.99. The molecule has 0 bridgehead atoms. The molecule has 2 aromatic rings. The fourth-order valence-electron chi connectivity index (χ4n) is 1.92. The lowest BCUT2D eigenvalue weighted by Crippen LogP contribution is -2.33. The molecule has 1 aromatic carbocycles. The number of para-hydroxylation sites is 1. The second kappa shape index (κ2) is 8.07. The number of ether oxygens (including phenoxy) is 1. The zero-order valence-corrected chi connectivity index (χ0v) is 12.9. The van der Waals surface area contributed by atoms with E-state index in [9.17, 15) is 4.79 Å². The van der Waals surface area contributed by atoms with Crippen molar-refractivity contribution in [3.63, 3.8) is 0 Å². The van der Waals surface area contributed by atoms with E-state index in [1.54, 1.807) is 18.2 Å². The number of amides is 2. The summed E-state index contributed by atoms with van der Waals surface area (Å²) in [5.74, 6) is 1.32. The summed E-state index contributed by atoms with van der Waals surface area (Å²) in [4.78, 5) is 13.6. The molecule has 1 N–H and O–H groups in total. The summed E-state index contributed by atoms with van der Waals surface area (Å²) < 4.78 is 10.5. The van der Waals surface area contributed by atoms with Crippen LogP contribution in [0.5, 0.6) is 5.75 Å². The Labute approximate surface area is 130 Å². The van der Waals surface area contributed by atoms with Crippen LogP contribution in [0.1, 0.15) is 18.9 Å². The number of benzene rings is 1. The summed E-state index contributed by atoms with van der Waals surface area (Å²) in [6.07, 6.45) is 3.05. The van der Waals surface area contributed by atoms with E-state index in [0.717, 1.165) is 24.2 Å². The minimum Gasteiger partial charge on any atom is -0.494 e. The first-order chi connectivity index (χ1) is 10.7. The molecule has 0 fully saturated rings. The molecule has 6 heteroatoms. The lowest BCUT2D eigenvalue weighted by atomic mass is 10.2. The van der Waals surface area contributed by atoms with E-state index >= 15 is 0 Å². The van der Waals surface area contributed by atoms with E-state index in [1.165, 1.54) is 0 Å². The van der Waals surface area contributed by atoms with Gasteiger partial charge in [-0.3, -0.25) is 5.32 Å². The highest BCUT2D eigenvalue weighted by Gasteiger charge is 2.13. The summed E-state index contributed by atoms with van der Waals surface area (Å²) in [7, 11) is 1.74. The lowest BCUT2D eigenvalue weighted by molar-refractivity contribution is 0.216. The fourth-order valence-corrected chi connectivity index (χ4v) is 1.92. The van der Waals surface area contributed by atoms with Crippen molar-refractivity contribution in [3.8, 4) is 5.75 Å². The number of hydrogen-bond acceptors (Lipinski definition) is 4. The minimum absolute atomic E-state index is 0.205. The number of carbonyl (C=O) groups excluding carboxylic acids is 1. The number of hydrogen-bond donors (Lipinski definition) is 1. The van der Waals surface area contributed by atoms with Crippen LogP contribution in [0.25, 0.3) is 0 Å². The van der Waals surface area contributed by atoms with Gasteiger partial charge in [-0.05, 0) is 25.0 Å². The standard InChI is InChI=1S/C16H21N3O3/c1-3-13-12-22-18-15(13)17-16(20)19(2)10-7-11-21-14-8-5-4-6-9-14/h4-6,8-9,12H,3,7,10-11H2,1-2H3,(H,17,18,20). The SMILES string of the molecule is CCc1conc1NC(=O)N(C)CCCOc1ccccc1. The van der Waals surface area contributed by atoms with E-state index in [2.05, 4.69) is 10.5 Å². The van der Waals surface area contributed by atoms with Crippen LogP contribution in [-0.4, -0.2) is 36.3 Å². The monoisotopic (exact) mass is 303 g/mol. The van der Waals surface area contributed by atoms with Gasteiger partial charge < -0.3 is 14.2 Å². The van der Waals surface area contributed by atoms with E-state index in [1.807, 2.05) is 37.3 Å². The second-order valence-electron chi connectivity index (χ2n) is 4.91. The van der Waals surface area contributed by atoms with Crippen LogP contribution in [-0.2, 0) is 6.42 Å². The third kappa shape index (κ3) is 4.51. The molecule has 2 amide bonds. The molecule has 2 rings (SSSR count). The molecule has 0 unspecified atom stereocenters. The van der Waals surface area contributed by atoms with Crippen molar-refractivity contribution in [2.45, 2.75) is 19.8 Å². The van der Waals surface area contributed by atoms with Gasteiger partial charge in [0, 0.05) is 19.2 Å². The first-order valence-corrected chi connectivity index (χ1v) is 7.34. The Kier molecular flexibility index (Phi) is 5.82. The van der Waals surface area contributed by atoms with Gasteiger partial charge in [0.2, 0.25) is 0 Å². The molecule has 0 saturated carbocycles. The van der Waals surface area contributed by atoms with E-state index in [0.29, 0.717) is 19.0 Å². The minimum atomic E-state index is -0.205. The molecule has 0 spiro atoms. The predicted molar refractivity (Wildman–Crippen MR) is 84.1 cm³/mol. The topological polar surface area (TPSA) is 67.6 Å². The van der Waals surface area contributed by atoms with Gasteiger partial charge in [0.25, 0.3) is 0 Å². The van der Waals surface area contributed by atoms with Gasteiger partial charge in [-0.1, -0.05) is 30.3 Å². The quantitative estimate of drug-likeness (QED) is 0.798. The number of nitrogens with one attached hydrogen (secondary N) is 1. The Hall–Kier alpha value is -2.50. The number of carbonyl (C=O) groups is 1. The Balaban J connectivity index is 1.70. The van der Waals surface area contributed by atoms with Gasteiger partial charge in [0.15, 0.2) is 5.82 Å². The molecule has 1 heterocycles. The molecule has 118 valence electrons. The molecule has 0 atom stereocenters. The normalized spacial score (nSPS) is 10.3. The van der Waals surface area contributed by atoms with Crippen LogP contribution in [0.15, 0.2) is 41.1 Å². The number of aromatic nitrogens is 1. The molecular weight excluding hydrogens is 282 g/mol. The van der Waals surface area contributed by atoms with Crippen molar-refractivity contribution in [1.29, 1.82) is 0 Å². The predicted octanol–water partition coefficient (Wildman–Crippen LogP) is 3.17. The van der Waals surface area contributed by atoms with Crippen molar-refractivity contribution >= 4 is 11.8 Å². The van der Waals surface area contributed by atoms with Gasteiger partial charge in [0.1, 0.15) is 12.0 Å². The van der Waals surface area contributed by atoms with Crippen LogP contribution in [0.3, 0.4) is 0 Å². The molecule has 1 aromatic heterocycles. The van der Waals surface area contributed by atoms with Crippen LogP contribution >= 0.6 is 0 Å². The van der Waals surface area contributed by atoms with Crippen LogP contribution in [0.2, 0.25) is 0 Å². The molecule has 0 aliphatic rings. The number of rotatable bonds is 7. The van der Waals surface area contributed by atoms with Crippen molar-refractivity contribution in [3.05, 3.63) is 42.2 Å². The van der Waals surface area contributed by atoms with Gasteiger partial charge in [-0.25, -0.2) is 4.79 Å². The summed E-state index contributed by atoms with van der Waals surface area (Å²) >= 11 is 0. The highest BCUT2D eigenvalue weighted by Crippen LogP contribution is 2.13. The Morgan fingerprint density at radius 3 is 2.86 bits per heavy atom. The van der Waals surface area contributed by atoms with Gasteiger partial charge in [-0.2, -0.15) is 0 Å². The third-order valence-electron chi connectivity index (χ3n) is 3.25. The van der Waals surface area contributed by atoms with E-state index < -0.39 is 0 Å². The van der Waals surface area contributed by atoms with Crippen molar-refractivity contribution in [2.24, 2.45) is 0 Å². The first-order valence-electron chi connectivity index (χ1n) is 7.34. The fraction of sp³-hybridized carbons (Fsp3) is 0.375. The highest BCUT2D eigenvalue weighted by molar-refractivity contribution is 5.88. The number of aryl methyl sites for hydroxylation is 1. The molecule has 0 aliphatic carbocycles. The van der Waals surface area contributed by atoms with Crippen LogP contribution < -0.4 is 10.1 Å². The van der Waals surface area contributed by atoms with Gasteiger partial charge in [0.05, 0.1) is 6.61 Å². The van der Waals surface area contributed by atoms with E-state index in [4.69, 9.17) is 9.26 Å². The maximum atomic E-state index is 12.0. The lowest BCUT2D eigenvalue weighted by Gasteiger charge is -2.17. The molecule has 0 saturated heterocycles. The summed E-state index contributed by atoms with van der Waals surface area (Å²) in [6, 6.07) is 9.42. The summed E-state index contributed by atoms with van der Waals surface area (Å²) in [5.41, 5.74) is 0.883.